The maximum Gasteiger partial charge on any atom is 0.410 e. The number of nitrogens with one attached hydrogen (secondary N) is 2. The Kier molecular flexibility index (Phi) is 7.77. The predicted molar refractivity (Wildman–Crippen MR) is 139 cm³/mol. The number of hydrogen-bond acceptors (Lipinski definition) is 5. The number of carbonyl (C=O) groups is 2. The van der Waals surface area contributed by atoms with Crippen molar-refractivity contribution in [2.24, 2.45) is 0 Å². The second-order valence-electron chi connectivity index (χ2n) is 7.94. The normalized spacial score (nSPS) is 10.5. The highest BCUT2D eigenvalue weighted by atomic mass is 35.5. The first-order chi connectivity index (χ1) is 17.4. The van der Waals surface area contributed by atoms with Gasteiger partial charge in [0, 0.05) is 28.8 Å². The van der Waals surface area contributed by atoms with E-state index in [9.17, 15) is 9.59 Å². The Morgan fingerprint density at radius 1 is 1.00 bits per heavy atom. The number of carboxylic acid groups (broad SMARTS) is 1. The van der Waals surface area contributed by atoms with Crippen molar-refractivity contribution >= 4 is 35.1 Å². The third kappa shape index (κ3) is 6.58. The quantitative estimate of drug-likeness (QED) is 0.269. The molecule has 0 saturated heterocycles. The summed E-state index contributed by atoms with van der Waals surface area (Å²) in [6.45, 7) is 2.24. The van der Waals surface area contributed by atoms with Gasteiger partial charge in [0.05, 0.1) is 18.5 Å². The lowest BCUT2D eigenvalue weighted by atomic mass is 9.97. The molecule has 2 amide bonds. The fourth-order valence-corrected chi connectivity index (χ4v) is 3.65. The molecule has 0 aliphatic rings. The summed E-state index contributed by atoms with van der Waals surface area (Å²) >= 11 is 6.01. The van der Waals surface area contributed by atoms with Crippen LogP contribution in [0.25, 0.3) is 11.1 Å². The summed E-state index contributed by atoms with van der Waals surface area (Å²) in [5.41, 5.74) is 4.43. The Morgan fingerprint density at radius 3 is 2.53 bits per heavy atom. The predicted octanol–water partition coefficient (Wildman–Crippen LogP) is 6.07. The summed E-state index contributed by atoms with van der Waals surface area (Å²) < 4.78 is 5.67. The summed E-state index contributed by atoms with van der Waals surface area (Å²) in [6, 6.07) is 21.5. The molecule has 0 spiro atoms. The van der Waals surface area contributed by atoms with Crippen LogP contribution in [-0.4, -0.2) is 33.7 Å². The lowest BCUT2D eigenvalue weighted by Gasteiger charge is -2.12. The maximum absolute atomic E-state index is 13.1. The van der Waals surface area contributed by atoms with Gasteiger partial charge in [0.2, 0.25) is 5.88 Å². The van der Waals surface area contributed by atoms with E-state index in [-0.39, 0.29) is 11.7 Å². The Morgan fingerprint density at radius 2 is 1.81 bits per heavy atom. The van der Waals surface area contributed by atoms with Gasteiger partial charge in [-0.1, -0.05) is 47.5 Å². The number of aromatic nitrogens is 2. The number of hydrogen-bond donors (Lipinski definition) is 3. The summed E-state index contributed by atoms with van der Waals surface area (Å²) in [4.78, 5) is 32.3. The number of ether oxygens (including phenoxy) is 1. The third-order valence-electron chi connectivity index (χ3n) is 5.22. The molecule has 0 aliphatic heterocycles. The first kappa shape index (κ1) is 24.7. The first-order valence-corrected chi connectivity index (χ1v) is 11.5. The number of aryl methyl sites for hydroxylation is 1. The molecule has 4 aromatic rings. The molecule has 0 unspecified atom stereocenters. The average Bonchev–Trinajstić information content (AvgIpc) is 2.85. The van der Waals surface area contributed by atoms with Crippen LogP contribution in [0.5, 0.6) is 5.88 Å². The van der Waals surface area contributed by atoms with Crippen LogP contribution in [0.2, 0.25) is 5.02 Å². The van der Waals surface area contributed by atoms with Crippen LogP contribution in [-0.2, 0) is 6.42 Å². The maximum atomic E-state index is 13.1. The molecule has 0 atom stereocenters. The van der Waals surface area contributed by atoms with Gasteiger partial charge in [-0.2, -0.15) is 0 Å². The molecule has 2 heterocycles. The number of halogens is 1. The van der Waals surface area contributed by atoms with Gasteiger partial charge in [-0.3, -0.25) is 10.1 Å². The molecule has 2 aromatic carbocycles. The number of carbonyl (C=O) groups excluding carboxylic acids is 1. The van der Waals surface area contributed by atoms with E-state index in [1.54, 1.807) is 42.5 Å². The molecular formula is C27H23ClN4O4. The number of anilines is 2. The summed E-state index contributed by atoms with van der Waals surface area (Å²) in [5.74, 6) is 0.399. The minimum atomic E-state index is -1.17. The van der Waals surface area contributed by atoms with Gasteiger partial charge in [-0.15, -0.1) is 0 Å². The average molecular weight is 503 g/mol. The zero-order valence-electron chi connectivity index (χ0n) is 19.4. The number of nitrogens with zero attached hydrogens (tertiary/aromatic N) is 2. The van der Waals surface area contributed by atoms with Crippen LogP contribution in [0.1, 0.15) is 21.6 Å². The Labute approximate surface area is 213 Å². The minimum absolute atomic E-state index is 0.250. The summed E-state index contributed by atoms with van der Waals surface area (Å²) in [6.07, 6.45) is 0.826. The van der Waals surface area contributed by atoms with Crippen molar-refractivity contribution in [2.75, 3.05) is 17.2 Å². The molecule has 0 saturated carbocycles. The molecule has 182 valence electrons. The molecule has 9 heteroatoms. The highest BCUT2D eigenvalue weighted by Crippen LogP contribution is 2.27. The number of amides is 2. The zero-order valence-corrected chi connectivity index (χ0v) is 20.1. The van der Waals surface area contributed by atoms with E-state index in [4.69, 9.17) is 21.4 Å². The van der Waals surface area contributed by atoms with Crippen LogP contribution in [0.15, 0.2) is 79.0 Å². The second kappa shape index (κ2) is 11.3. The van der Waals surface area contributed by atoms with Gasteiger partial charge in [-0.25, -0.2) is 14.8 Å². The molecule has 0 aliphatic carbocycles. The van der Waals surface area contributed by atoms with Crippen molar-refractivity contribution in [1.82, 2.24) is 9.97 Å². The van der Waals surface area contributed by atoms with Crippen molar-refractivity contribution in [2.45, 2.75) is 13.3 Å². The lowest BCUT2D eigenvalue weighted by Crippen LogP contribution is -2.14. The molecule has 2 aromatic heterocycles. The Hall–Kier alpha value is -4.43. The van der Waals surface area contributed by atoms with Crippen molar-refractivity contribution in [3.63, 3.8) is 0 Å². The van der Waals surface area contributed by atoms with Crippen molar-refractivity contribution in [1.29, 1.82) is 0 Å². The first-order valence-electron chi connectivity index (χ1n) is 11.1. The minimum Gasteiger partial charge on any atom is -0.477 e. The van der Waals surface area contributed by atoms with E-state index in [1.165, 1.54) is 6.20 Å². The van der Waals surface area contributed by atoms with E-state index in [0.29, 0.717) is 40.9 Å². The fourth-order valence-electron chi connectivity index (χ4n) is 3.52. The van der Waals surface area contributed by atoms with E-state index < -0.39 is 6.09 Å². The fraction of sp³-hybridized carbons (Fsp3) is 0.111. The van der Waals surface area contributed by atoms with Crippen LogP contribution in [0, 0.1) is 6.92 Å². The standard InChI is InChI=1S/C27H23ClN4O4/c1-17-5-11-22(18-6-8-19(28)9-7-18)23(15-17)26(33)31-21-10-12-25(29-16-21)36-14-13-20-3-2-4-24(30-20)32-27(34)35/h2-12,15-16H,13-14H2,1H3,(H,30,32)(H,31,33)(H,34,35). The largest absolute Gasteiger partial charge is 0.477 e. The van der Waals surface area contributed by atoms with E-state index in [2.05, 4.69) is 20.6 Å². The summed E-state index contributed by atoms with van der Waals surface area (Å²) in [5, 5.41) is 14.5. The monoisotopic (exact) mass is 502 g/mol. The van der Waals surface area contributed by atoms with Crippen molar-refractivity contribution in [3.8, 4) is 17.0 Å². The molecule has 0 fully saturated rings. The van der Waals surface area contributed by atoms with Crippen molar-refractivity contribution in [3.05, 3.63) is 101 Å². The highest BCUT2D eigenvalue weighted by Gasteiger charge is 2.14. The van der Waals surface area contributed by atoms with Gasteiger partial charge in [0.1, 0.15) is 5.82 Å². The van der Waals surface area contributed by atoms with E-state index in [1.807, 2.05) is 37.3 Å². The summed E-state index contributed by atoms with van der Waals surface area (Å²) in [7, 11) is 0. The van der Waals surface area contributed by atoms with Crippen LogP contribution < -0.4 is 15.4 Å². The SMILES string of the molecule is Cc1ccc(-c2ccc(Cl)cc2)c(C(=O)Nc2ccc(OCCc3cccc(NC(=O)O)n3)nc2)c1. The molecule has 0 bridgehead atoms. The molecule has 4 rings (SSSR count). The second-order valence-corrected chi connectivity index (χ2v) is 8.37. The van der Waals surface area contributed by atoms with Crippen molar-refractivity contribution < 1.29 is 19.4 Å². The Balaban J connectivity index is 1.37. The molecule has 0 radical (unpaired) electrons. The molecular weight excluding hydrogens is 480 g/mol. The van der Waals surface area contributed by atoms with Crippen LogP contribution >= 0.6 is 11.6 Å². The zero-order chi connectivity index (χ0) is 25.5. The molecule has 8 nitrogen and oxygen atoms in total. The third-order valence-corrected chi connectivity index (χ3v) is 5.47. The van der Waals surface area contributed by atoms with Gasteiger partial charge in [-0.05, 0) is 54.4 Å². The molecule has 36 heavy (non-hydrogen) atoms. The number of pyridine rings is 2. The van der Waals surface area contributed by atoms with Gasteiger partial charge in [0.25, 0.3) is 5.91 Å². The number of benzene rings is 2. The Bertz CT molecular complexity index is 1380. The topological polar surface area (TPSA) is 113 Å². The van der Waals surface area contributed by atoms with Gasteiger partial charge >= 0.3 is 6.09 Å². The lowest BCUT2D eigenvalue weighted by molar-refractivity contribution is 0.102. The van der Waals surface area contributed by atoms with Crippen LogP contribution in [0.4, 0.5) is 16.3 Å². The van der Waals surface area contributed by atoms with E-state index >= 15 is 0 Å². The van der Waals surface area contributed by atoms with E-state index in [0.717, 1.165) is 16.7 Å². The smallest absolute Gasteiger partial charge is 0.410 e. The van der Waals surface area contributed by atoms with Crippen LogP contribution in [0.3, 0.4) is 0 Å². The van der Waals surface area contributed by atoms with Gasteiger partial charge in [0.15, 0.2) is 0 Å². The number of rotatable bonds is 8. The van der Waals surface area contributed by atoms with Gasteiger partial charge < -0.3 is 15.2 Å². The highest BCUT2D eigenvalue weighted by molar-refractivity contribution is 6.30. The molecule has 3 N–H and O–H groups in total.